The van der Waals surface area contributed by atoms with Gasteiger partial charge < -0.3 is 24.7 Å². The predicted octanol–water partition coefficient (Wildman–Crippen LogP) is 1.95. The molecule has 0 aromatic carbocycles. The minimum Gasteiger partial charge on any atom is -0.469 e. The molecule has 0 spiro atoms. The molecule has 27 heavy (non-hydrogen) atoms. The van der Waals surface area contributed by atoms with Crippen LogP contribution in [0.4, 0.5) is 13.2 Å². The van der Waals surface area contributed by atoms with Crippen LogP contribution in [0.3, 0.4) is 0 Å². The molecule has 2 rings (SSSR count). The van der Waals surface area contributed by atoms with Crippen LogP contribution >= 0.6 is 0 Å². The van der Waals surface area contributed by atoms with E-state index < -0.39 is 24.0 Å². The second-order valence-electron chi connectivity index (χ2n) is 5.99. The van der Waals surface area contributed by atoms with Crippen molar-refractivity contribution in [3.8, 4) is 0 Å². The molecule has 0 aliphatic heterocycles. The molecule has 2 aromatic heterocycles. The molecule has 0 saturated carbocycles. The molecule has 0 bridgehead atoms. The van der Waals surface area contributed by atoms with Crippen LogP contribution in [0.5, 0.6) is 0 Å². The normalized spacial score (nSPS) is 14.8. The largest absolute Gasteiger partial charge is 0.469 e. The van der Waals surface area contributed by atoms with Gasteiger partial charge in [0.05, 0.1) is 6.26 Å². The van der Waals surface area contributed by atoms with Crippen LogP contribution in [0.25, 0.3) is 0 Å². The molecule has 2 aromatic rings. The molecule has 0 aliphatic carbocycles. The Morgan fingerprint density at radius 3 is 2.70 bits per heavy atom. The molecule has 10 heteroatoms. The molecule has 0 aliphatic rings. The van der Waals surface area contributed by atoms with E-state index in [-0.39, 0.29) is 6.54 Å². The van der Waals surface area contributed by atoms with Gasteiger partial charge in [-0.05, 0) is 19.1 Å². The Kier molecular flexibility index (Phi) is 6.89. The summed E-state index contributed by atoms with van der Waals surface area (Å²) >= 11 is 0. The van der Waals surface area contributed by atoms with Crippen LogP contribution in [-0.4, -0.2) is 46.4 Å². The monoisotopic (exact) mass is 387 g/mol. The van der Waals surface area contributed by atoms with E-state index in [4.69, 9.17) is 4.42 Å². The summed E-state index contributed by atoms with van der Waals surface area (Å²) in [5, 5.41) is 16.3. The summed E-state index contributed by atoms with van der Waals surface area (Å²) in [6, 6.07) is 3.62. The number of alkyl halides is 3. The van der Waals surface area contributed by atoms with Crippen molar-refractivity contribution in [1.29, 1.82) is 0 Å². The van der Waals surface area contributed by atoms with Crippen LogP contribution in [0, 0.1) is 0 Å². The lowest BCUT2D eigenvalue weighted by Gasteiger charge is -2.29. The van der Waals surface area contributed by atoms with E-state index in [0.29, 0.717) is 25.5 Å². The van der Waals surface area contributed by atoms with E-state index in [1.165, 1.54) is 19.4 Å². The highest BCUT2D eigenvalue weighted by Gasteiger charge is 2.57. The zero-order valence-electron chi connectivity index (χ0n) is 15.3. The van der Waals surface area contributed by atoms with E-state index in [1.807, 2.05) is 13.0 Å². The number of aromatic nitrogens is 2. The Morgan fingerprint density at radius 1 is 1.37 bits per heavy atom. The van der Waals surface area contributed by atoms with Crippen LogP contribution in [0.15, 0.2) is 40.2 Å². The van der Waals surface area contributed by atoms with Crippen LogP contribution in [0.2, 0.25) is 0 Å². The lowest BCUT2D eigenvalue weighted by Crippen LogP contribution is -2.45. The van der Waals surface area contributed by atoms with E-state index in [0.717, 1.165) is 10.3 Å². The maximum atomic E-state index is 13.5. The number of halogens is 3. The van der Waals surface area contributed by atoms with Gasteiger partial charge in [0, 0.05) is 51.9 Å². The lowest BCUT2D eigenvalue weighted by atomic mass is 9.98. The number of hydrogen-bond donors (Lipinski definition) is 3. The van der Waals surface area contributed by atoms with Gasteiger partial charge in [0.1, 0.15) is 11.6 Å². The third-order valence-electron chi connectivity index (χ3n) is 3.99. The SMILES string of the molecule is CCNC(=NCCC(O)(c1nccn1C)C(F)(F)F)NCCc1ccco1. The van der Waals surface area contributed by atoms with Crippen LogP contribution in [0.1, 0.15) is 24.9 Å². The summed E-state index contributed by atoms with van der Waals surface area (Å²) in [5.74, 6) is 0.703. The maximum Gasteiger partial charge on any atom is 0.424 e. The number of aryl methyl sites for hydroxylation is 1. The Hall–Kier alpha value is -2.49. The average molecular weight is 387 g/mol. The van der Waals surface area contributed by atoms with Crippen molar-refractivity contribution in [2.75, 3.05) is 19.6 Å². The quantitative estimate of drug-likeness (QED) is 0.476. The maximum absolute atomic E-state index is 13.5. The van der Waals surface area contributed by atoms with Crippen molar-refractivity contribution < 1.29 is 22.7 Å². The topological polar surface area (TPSA) is 87.6 Å². The fourth-order valence-electron chi connectivity index (χ4n) is 2.57. The number of nitrogens with one attached hydrogen (secondary N) is 2. The first-order chi connectivity index (χ1) is 12.8. The average Bonchev–Trinajstić information content (AvgIpc) is 3.25. The minimum absolute atomic E-state index is 0.237. The van der Waals surface area contributed by atoms with Crippen molar-refractivity contribution in [3.63, 3.8) is 0 Å². The predicted molar refractivity (Wildman–Crippen MR) is 94.2 cm³/mol. The molecule has 0 radical (unpaired) electrons. The van der Waals surface area contributed by atoms with Gasteiger partial charge in [-0.1, -0.05) is 0 Å². The standard InChI is InChI=1S/C17H24F3N5O2/c1-3-21-15(23-8-6-13-5-4-12-27-13)24-9-7-16(26,17(18,19)20)14-22-10-11-25(14)2/h4-5,10-12,26H,3,6-9H2,1-2H3,(H2,21,23,24). The zero-order valence-corrected chi connectivity index (χ0v) is 15.3. The number of guanidine groups is 1. The Bertz CT molecular complexity index is 727. The van der Waals surface area contributed by atoms with Gasteiger partial charge in [0.25, 0.3) is 0 Å². The van der Waals surface area contributed by atoms with Crippen molar-refractivity contribution in [3.05, 3.63) is 42.4 Å². The highest BCUT2D eigenvalue weighted by molar-refractivity contribution is 5.79. The van der Waals surface area contributed by atoms with Gasteiger partial charge in [-0.3, -0.25) is 4.99 Å². The van der Waals surface area contributed by atoms with Crippen molar-refractivity contribution in [2.24, 2.45) is 12.0 Å². The van der Waals surface area contributed by atoms with Crippen molar-refractivity contribution in [1.82, 2.24) is 20.2 Å². The fourth-order valence-corrected chi connectivity index (χ4v) is 2.57. The van der Waals surface area contributed by atoms with Gasteiger partial charge >= 0.3 is 6.18 Å². The van der Waals surface area contributed by atoms with E-state index in [9.17, 15) is 18.3 Å². The summed E-state index contributed by atoms with van der Waals surface area (Å²) in [6.07, 6.45) is -0.755. The molecule has 7 nitrogen and oxygen atoms in total. The zero-order chi connectivity index (χ0) is 19.9. The number of aliphatic hydroxyl groups is 1. The number of imidazole rings is 1. The summed E-state index contributed by atoms with van der Waals surface area (Å²) in [7, 11) is 1.41. The first-order valence-corrected chi connectivity index (χ1v) is 8.59. The number of furan rings is 1. The molecule has 2 heterocycles. The summed E-state index contributed by atoms with van der Waals surface area (Å²) < 4.78 is 46.8. The number of aliphatic imine (C=N–C) groups is 1. The summed E-state index contributed by atoms with van der Waals surface area (Å²) in [6.45, 7) is 2.67. The first-order valence-electron chi connectivity index (χ1n) is 8.59. The highest BCUT2D eigenvalue weighted by Crippen LogP contribution is 2.40. The van der Waals surface area contributed by atoms with Gasteiger partial charge in [0.15, 0.2) is 5.96 Å². The van der Waals surface area contributed by atoms with Gasteiger partial charge in [-0.15, -0.1) is 0 Å². The Labute approximate surface area is 155 Å². The summed E-state index contributed by atoms with van der Waals surface area (Å²) in [4.78, 5) is 7.81. The molecule has 0 saturated heterocycles. The molecule has 0 amide bonds. The lowest BCUT2D eigenvalue weighted by molar-refractivity contribution is -0.272. The van der Waals surface area contributed by atoms with Crippen LogP contribution < -0.4 is 10.6 Å². The third-order valence-corrected chi connectivity index (χ3v) is 3.99. The van der Waals surface area contributed by atoms with Gasteiger partial charge in [-0.25, -0.2) is 4.98 Å². The molecule has 0 fully saturated rings. The van der Waals surface area contributed by atoms with Crippen LogP contribution in [-0.2, 0) is 19.1 Å². The van der Waals surface area contributed by atoms with Crippen molar-refractivity contribution in [2.45, 2.75) is 31.5 Å². The second kappa shape index (κ2) is 8.94. The second-order valence-corrected chi connectivity index (χ2v) is 5.99. The Morgan fingerprint density at radius 2 is 2.15 bits per heavy atom. The molecular formula is C17H24F3N5O2. The number of hydrogen-bond acceptors (Lipinski definition) is 4. The van der Waals surface area contributed by atoms with Gasteiger partial charge in [-0.2, -0.15) is 13.2 Å². The minimum atomic E-state index is -4.87. The molecule has 150 valence electrons. The van der Waals surface area contributed by atoms with E-state index in [2.05, 4.69) is 20.6 Å². The molecular weight excluding hydrogens is 363 g/mol. The highest BCUT2D eigenvalue weighted by atomic mass is 19.4. The van der Waals surface area contributed by atoms with E-state index >= 15 is 0 Å². The summed E-state index contributed by atoms with van der Waals surface area (Å²) in [5.41, 5.74) is -3.07. The van der Waals surface area contributed by atoms with Crippen molar-refractivity contribution >= 4 is 5.96 Å². The molecule has 1 unspecified atom stereocenters. The smallest absolute Gasteiger partial charge is 0.424 e. The first kappa shape index (κ1) is 20.8. The van der Waals surface area contributed by atoms with E-state index in [1.54, 1.807) is 12.3 Å². The number of rotatable bonds is 8. The third kappa shape index (κ3) is 5.25. The van der Waals surface area contributed by atoms with Gasteiger partial charge in [0.2, 0.25) is 5.60 Å². The number of nitrogens with zero attached hydrogens (tertiary/aromatic N) is 3. The molecule has 3 N–H and O–H groups in total. The Balaban J connectivity index is 2.01. The molecule has 1 atom stereocenters. The fraction of sp³-hybridized carbons (Fsp3) is 0.529.